The van der Waals surface area contributed by atoms with Crippen LogP contribution in [-0.2, 0) is 11.2 Å². The van der Waals surface area contributed by atoms with E-state index >= 15 is 0 Å². The maximum absolute atomic E-state index is 9.91. The Kier molecular flexibility index (Phi) is 6.02. The molecule has 0 aliphatic carbocycles. The number of fused-ring (bicyclic) bond motifs is 1. The first-order valence-corrected chi connectivity index (χ1v) is 8.05. The zero-order valence-corrected chi connectivity index (χ0v) is 13.6. The summed E-state index contributed by atoms with van der Waals surface area (Å²) >= 11 is 1.85. The standard InChI is InChI=1S/C16H21NO2S.ClH/c18-16(11-17-12-16)7-3-8-19-9-6-14-10-13-4-1-2-5-15(13)20-14;/h1-2,4-5,10,17-18H,3,6-9,11-12H2;1H. The van der Waals surface area contributed by atoms with E-state index in [4.69, 9.17) is 4.74 Å². The van der Waals surface area contributed by atoms with Gasteiger partial charge in [-0.1, -0.05) is 18.2 Å². The molecule has 3 rings (SSSR count). The number of halogens is 1. The minimum Gasteiger partial charge on any atom is -0.387 e. The van der Waals surface area contributed by atoms with Gasteiger partial charge in [0.25, 0.3) is 0 Å². The molecule has 1 fully saturated rings. The average Bonchev–Trinajstić information content (AvgIpc) is 2.83. The monoisotopic (exact) mass is 327 g/mol. The molecule has 0 radical (unpaired) electrons. The Bertz CT molecular complexity index is 535. The third kappa shape index (κ3) is 4.41. The summed E-state index contributed by atoms with van der Waals surface area (Å²) in [5.74, 6) is 0. The molecule has 2 N–H and O–H groups in total. The first-order chi connectivity index (χ1) is 9.75. The molecular formula is C16H22ClNO2S. The van der Waals surface area contributed by atoms with E-state index in [-0.39, 0.29) is 12.4 Å². The van der Waals surface area contributed by atoms with Crippen molar-refractivity contribution in [2.24, 2.45) is 0 Å². The number of β-amino-alcohol motifs (C(OH)–C–C–N with tert-alkyl or cyclic N) is 1. The van der Waals surface area contributed by atoms with Gasteiger partial charge in [0.05, 0.1) is 12.2 Å². The van der Waals surface area contributed by atoms with Crippen molar-refractivity contribution in [3.8, 4) is 0 Å². The highest BCUT2D eigenvalue weighted by Crippen LogP contribution is 2.25. The second kappa shape index (κ2) is 7.56. The molecule has 0 bridgehead atoms. The van der Waals surface area contributed by atoms with E-state index in [2.05, 4.69) is 35.6 Å². The van der Waals surface area contributed by atoms with Crippen LogP contribution in [0, 0.1) is 0 Å². The largest absolute Gasteiger partial charge is 0.387 e. The zero-order chi connectivity index (χ0) is 13.8. The Hall–Kier alpha value is -0.650. The smallest absolute Gasteiger partial charge is 0.0895 e. The van der Waals surface area contributed by atoms with Crippen LogP contribution in [0.25, 0.3) is 10.1 Å². The Morgan fingerprint density at radius 2 is 2.05 bits per heavy atom. The maximum Gasteiger partial charge on any atom is 0.0895 e. The number of thiophene rings is 1. The second-order valence-corrected chi connectivity index (χ2v) is 6.71. The second-order valence-electron chi connectivity index (χ2n) is 5.54. The minimum absolute atomic E-state index is 0. The van der Waals surface area contributed by atoms with Crippen LogP contribution < -0.4 is 5.32 Å². The topological polar surface area (TPSA) is 41.5 Å². The molecule has 0 amide bonds. The fourth-order valence-electron chi connectivity index (χ4n) is 2.53. The highest BCUT2D eigenvalue weighted by molar-refractivity contribution is 7.19. The van der Waals surface area contributed by atoms with E-state index in [1.807, 2.05) is 11.3 Å². The fraction of sp³-hybridized carbons (Fsp3) is 0.500. The molecule has 1 aromatic heterocycles. The van der Waals surface area contributed by atoms with Crippen molar-refractivity contribution < 1.29 is 9.84 Å². The van der Waals surface area contributed by atoms with Gasteiger partial charge in [-0.2, -0.15) is 0 Å². The van der Waals surface area contributed by atoms with E-state index in [1.54, 1.807) is 0 Å². The number of benzene rings is 1. The van der Waals surface area contributed by atoms with Gasteiger partial charge in [0.15, 0.2) is 0 Å². The molecule has 5 heteroatoms. The predicted octanol–water partition coefficient (Wildman–Crippen LogP) is 3.00. The number of hydrogen-bond donors (Lipinski definition) is 2. The van der Waals surface area contributed by atoms with E-state index in [0.717, 1.165) is 45.6 Å². The van der Waals surface area contributed by atoms with Crippen LogP contribution in [-0.4, -0.2) is 37.0 Å². The van der Waals surface area contributed by atoms with Crippen LogP contribution in [0.1, 0.15) is 17.7 Å². The van der Waals surface area contributed by atoms with Gasteiger partial charge in [0.2, 0.25) is 0 Å². The molecule has 116 valence electrons. The molecule has 0 spiro atoms. The van der Waals surface area contributed by atoms with Crippen LogP contribution in [0.3, 0.4) is 0 Å². The van der Waals surface area contributed by atoms with Gasteiger partial charge in [-0.3, -0.25) is 0 Å². The van der Waals surface area contributed by atoms with Gasteiger partial charge in [0, 0.05) is 35.7 Å². The summed E-state index contributed by atoms with van der Waals surface area (Å²) in [4.78, 5) is 1.38. The minimum atomic E-state index is -0.463. The fourth-order valence-corrected chi connectivity index (χ4v) is 3.57. The van der Waals surface area contributed by atoms with Crippen molar-refractivity contribution in [2.45, 2.75) is 24.9 Å². The Morgan fingerprint density at radius 1 is 1.24 bits per heavy atom. The van der Waals surface area contributed by atoms with Crippen LogP contribution >= 0.6 is 23.7 Å². The average molecular weight is 328 g/mol. The number of nitrogens with one attached hydrogen (secondary N) is 1. The maximum atomic E-state index is 9.91. The molecule has 0 unspecified atom stereocenters. The molecule has 1 aliphatic rings. The summed E-state index contributed by atoms with van der Waals surface area (Å²) in [6, 6.07) is 10.7. The molecule has 0 atom stereocenters. The van der Waals surface area contributed by atoms with E-state index < -0.39 is 5.60 Å². The highest BCUT2D eigenvalue weighted by atomic mass is 35.5. The molecule has 2 heterocycles. The van der Waals surface area contributed by atoms with E-state index in [0.29, 0.717) is 0 Å². The number of hydrogen-bond acceptors (Lipinski definition) is 4. The van der Waals surface area contributed by atoms with Gasteiger partial charge >= 0.3 is 0 Å². The lowest BCUT2D eigenvalue weighted by atomic mass is 9.92. The van der Waals surface area contributed by atoms with E-state index in [1.165, 1.54) is 15.0 Å². The van der Waals surface area contributed by atoms with Gasteiger partial charge in [0.1, 0.15) is 0 Å². The predicted molar refractivity (Wildman–Crippen MR) is 90.6 cm³/mol. The molecular weight excluding hydrogens is 306 g/mol. The van der Waals surface area contributed by atoms with Crippen LogP contribution in [0.15, 0.2) is 30.3 Å². The van der Waals surface area contributed by atoms with Crippen molar-refractivity contribution in [3.05, 3.63) is 35.2 Å². The summed E-state index contributed by atoms with van der Waals surface area (Å²) in [6.07, 6.45) is 2.75. The quantitative estimate of drug-likeness (QED) is 0.768. The first kappa shape index (κ1) is 16.7. The van der Waals surface area contributed by atoms with Crippen molar-refractivity contribution in [1.82, 2.24) is 5.32 Å². The summed E-state index contributed by atoms with van der Waals surface area (Å²) < 4.78 is 7.02. The van der Waals surface area contributed by atoms with Gasteiger partial charge in [-0.25, -0.2) is 0 Å². The van der Waals surface area contributed by atoms with Crippen LogP contribution in [0.5, 0.6) is 0 Å². The van der Waals surface area contributed by atoms with Gasteiger partial charge in [-0.15, -0.1) is 23.7 Å². The summed E-state index contributed by atoms with van der Waals surface area (Å²) in [7, 11) is 0. The summed E-state index contributed by atoms with van der Waals surface area (Å²) in [5, 5.41) is 14.3. The summed E-state index contributed by atoms with van der Waals surface area (Å²) in [6.45, 7) is 2.97. The van der Waals surface area contributed by atoms with Crippen molar-refractivity contribution in [2.75, 3.05) is 26.3 Å². The molecule has 3 nitrogen and oxygen atoms in total. The van der Waals surface area contributed by atoms with Crippen LogP contribution in [0.2, 0.25) is 0 Å². The normalized spacial score (nSPS) is 16.4. The number of rotatable bonds is 7. The molecule has 1 aromatic carbocycles. The Labute approximate surface area is 135 Å². The molecule has 0 saturated carbocycles. The number of aliphatic hydroxyl groups is 1. The lowest BCUT2D eigenvalue weighted by Crippen LogP contribution is -2.59. The van der Waals surface area contributed by atoms with Crippen LogP contribution in [0.4, 0.5) is 0 Å². The lowest BCUT2D eigenvalue weighted by Gasteiger charge is -2.37. The third-order valence-corrected chi connectivity index (χ3v) is 4.98. The third-order valence-electron chi connectivity index (χ3n) is 3.81. The lowest BCUT2D eigenvalue weighted by molar-refractivity contribution is -0.0245. The SMILES string of the molecule is Cl.OC1(CCCOCCc2cc3ccccc3s2)CNC1. The van der Waals surface area contributed by atoms with Crippen molar-refractivity contribution in [3.63, 3.8) is 0 Å². The van der Waals surface area contributed by atoms with E-state index in [9.17, 15) is 5.11 Å². The molecule has 1 saturated heterocycles. The highest BCUT2D eigenvalue weighted by Gasteiger charge is 2.33. The Balaban J connectivity index is 0.00000161. The Morgan fingerprint density at radius 3 is 2.76 bits per heavy atom. The van der Waals surface area contributed by atoms with Crippen molar-refractivity contribution in [1.29, 1.82) is 0 Å². The number of ether oxygens (including phenoxy) is 1. The molecule has 2 aromatic rings. The molecule has 21 heavy (non-hydrogen) atoms. The first-order valence-electron chi connectivity index (χ1n) is 7.24. The zero-order valence-electron chi connectivity index (χ0n) is 12.0. The van der Waals surface area contributed by atoms with Gasteiger partial charge in [-0.05, 0) is 30.4 Å². The summed E-state index contributed by atoms with van der Waals surface area (Å²) in [5.41, 5.74) is -0.463. The van der Waals surface area contributed by atoms with Gasteiger partial charge < -0.3 is 15.2 Å². The van der Waals surface area contributed by atoms with Crippen molar-refractivity contribution >= 4 is 33.8 Å². The molecule has 1 aliphatic heterocycles.